The summed E-state index contributed by atoms with van der Waals surface area (Å²) in [6.45, 7) is 5.42. The minimum absolute atomic E-state index is 0.0396. The second-order valence-electron chi connectivity index (χ2n) is 8.29. The van der Waals surface area contributed by atoms with Crippen molar-refractivity contribution in [2.75, 3.05) is 16.4 Å². The molecule has 0 aliphatic carbocycles. The number of alkyl halides is 3. The van der Waals surface area contributed by atoms with Gasteiger partial charge in [0.25, 0.3) is 5.91 Å². The van der Waals surface area contributed by atoms with Gasteiger partial charge >= 0.3 is 6.18 Å². The molecule has 1 fully saturated rings. The van der Waals surface area contributed by atoms with Crippen LogP contribution in [0.3, 0.4) is 0 Å². The number of carbonyl (C=O) groups is 1. The summed E-state index contributed by atoms with van der Waals surface area (Å²) < 4.78 is 40.5. The Morgan fingerprint density at radius 1 is 1.12 bits per heavy atom. The lowest BCUT2D eigenvalue weighted by Gasteiger charge is -2.30. The summed E-state index contributed by atoms with van der Waals surface area (Å²) >= 11 is 5.58. The monoisotopic (exact) mass is 475 g/mol. The first-order valence-corrected chi connectivity index (χ1v) is 10.9. The van der Waals surface area contributed by atoms with Gasteiger partial charge in [0.15, 0.2) is 5.11 Å². The Morgan fingerprint density at radius 2 is 1.79 bits per heavy atom. The number of anilines is 2. The molecule has 0 bridgehead atoms. The van der Waals surface area contributed by atoms with E-state index in [0.29, 0.717) is 18.5 Å². The highest BCUT2D eigenvalue weighted by molar-refractivity contribution is 7.81. The Bertz CT molecular complexity index is 1140. The van der Waals surface area contributed by atoms with E-state index in [2.05, 4.69) is 0 Å². The van der Waals surface area contributed by atoms with E-state index < -0.39 is 28.7 Å². The predicted octanol–water partition coefficient (Wildman–Crippen LogP) is 4.98. The lowest BCUT2D eigenvalue weighted by atomic mass is 9.98. The lowest BCUT2D eigenvalue weighted by Crippen LogP contribution is -2.44. The van der Waals surface area contributed by atoms with E-state index in [-0.39, 0.29) is 17.4 Å². The molecule has 3 rings (SSSR count). The minimum atomic E-state index is -4.75. The molecule has 0 radical (unpaired) electrons. The molecule has 174 valence electrons. The number of nitriles is 1. The zero-order valence-corrected chi connectivity index (χ0v) is 19.3. The number of hydrogen-bond donors (Lipinski definition) is 1. The highest BCUT2D eigenvalue weighted by Crippen LogP contribution is 2.40. The van der Waals surface area contributed by atoms with Crippen LogP contribution in [-0.4, -0.2) is 28.3 Å². The first-order chi connectivity index (χ1) is 15.5. The molecular formula is C24H24F3N3O2S. The fourth-order valence-corrected chi connectivity index (χ4v) is 4.58. The van der Waals surface area contributed by atoms with Crippen LogP contribution in [-0.2, 0) is 23.8 Å². The van der Waals surface area contributed by atoms with E-state index >= 15 is 0 Å². The summed E-state index contributed by atoms with van der Waals surface area (Å²) in [5.41, 5.74) is -0.0215. The third kappa shape index (κ3) is 4.45. The third-order valence-electron chi connectivity index (χ3n) is 5.79. The molecule has 33 heavy (non-hydrogen) atoms. The van der Waals surface area contributed by atoms with E-state index in [4.69, 9.17) is 22.6 Å². The number of aliphatic hydroxyl groups excluding tert-OH is 1. The standard InChI is InChI=1S/C24H24F3N3O2S/c1-4-15-12-19(10-7-16(15)6-5-11-31)30-22(33)29(21(32)23(30,2)3)18-9-8-17(14-28)20(13-18)24(25,26)27/h7-10,12-13,31H,4-6,11H2,1-3H3. The molecule has 1 amide bonds. The van der Waals surface area contributed by atoms with Crippen LogP contribution in [0.25, 0.3) is 0 Å². The number of amides is 1. The molecule has 1 saturated heterocycles. The number of halogens is 3. The van der Waals surface area contributed by atoms with E-state index in [1.54, 1.807) is 24.8 Å². The first kappa shape index (κ1) is 24.7. The van der Waals surface area contributed by atoms with Gasteiger partial charge in [-0.1, -0.05) is 13.0 Å². The molecule has 1 aliphatic rings. The summed E-state index contributed by atoms with van der Waals surface area (Å²) in [6, 6.07) is 10.4. The number of benzene rings is 2. The van der Waals surface area contributed by atoms with Crippen molar-refractivity contribution in [3.05, 3.63) is 58.7 Å². The Balaban J connectivity index is 2.07. The smallest absolute Gasteiger partial charge is 0.396 e. The van der Waals surface area contributed by atoms with Crippen molar-refractivity contribution in [1.29, 1.82) is 5.26 Å². The second kappa shape index (κ2) is 9.12. The van der Waals surface area contributed by atoms with Gasteiger partial charge in [-0.15, -0.1) is 0 Å². The predicted molar refractivity (Wildman–Crippen MR) is 124 cm³/mol. The van der Waals surface area contributed by atoms with Crippen molar-refractivity contribution >= 4 is 34.6 Å². The van der Waals surface area contributed by atoms with Gasteiger partial charge < -0.3 is 10.0 Å². The first-order valence-electron chi connectivity index (χ1n) is 10.5. The molecule has 0 atom stereocenters. The summed E-state index contributed by atoms with van der Waals surface area (Å²) in [7, 11) is 0. The van der Waals surface area contributed by atoms with Crippen LogP contribution in [0.15, 0.2) is 36.4 Å². The number of carbonyl (C=O) groups excluding carboxylic acids is 1. The van der Waals surface area contributed by atoms with E-state index in [1.807, 2.05) is 25.1 Å². The van der Waals surface area contributed by atoms with Crippen LogP contribution in [0.1, 0.15) is 49.4 Å². The summed E-state index contributed by atoms with van der Waals surface area (Å²) in [4.78, 5) is 16.1. The van der Waals surface area contributed by atoms with Gasteiger partial charge in [-0.3, -0.25) is 9.69 Å². The maximum absolute atomic E-state index is 13.5. The van der Waals surface area contributed by atoms with Crippen molar-refractivity contribution in [1.82, 2.24) is 0 Å². The third-order valence-corrected chi connectivity index (χ3v) is 6.15. The largest absolute Gasteiger partial charge is 0.417 e. The number of aliphatic hydroxyl groups is 1. The summed E-state index contributed by atoms with van der Waals surface area (Å²) in [6.07, 6.45) is -2.67. The normalized spacial score (nSPS) is 15.8. The number of hydrogen-bond acceptors (Lipinski definition) is 4. The quantitative estimate of drug-likeness (QED) is 0.597. The minimum Gasteiger partial charge on any atom is -0.396 e. The van der Waals surface area contributed by atoms with Gasteiger partial charge in [-0.05, 0) is 86.8 Å². The van der Waals surface area contributed by atoms with E-state index in [9.17, 15) is 18.0 Å². The highest BCUT2D eigenvalue weighted by Gasteiger charge is 2.50. The van der Waals surface area contributed by atoms with Crippen LogP contribution in [0, 0.1) is 11.3 Å². The van der Waals surface area contributed by atoms with Crippen molar-refractivity contribution in [3.63, 3.8) is 0 Å². The average Bonchev–Trinajstić information content (AvgIpc) is 2.94. The van der Waals surface area contributed by atoms with Crippen LogP contribution in [0.4, 0.5) is 24.5 Å². The van der Waals surface area contributed by atoms with Gasteiger partial charge in [0.2, 0.25) is 0 Å². The Hall–Kier alpha value is -2.96. The van der Waals surface area contributed by atoms with Gasteiger partial charge in [0.05, 0.1) is 22.9 Å². The molecule has 0 unspecified atom stereocenters. The maximum Gasteiger partial charge on any atom is 0.417 e. The molecular weight excluding hydrogens is 451 g/mol. The molecule has 0 spiro atoms. The zero-order valence-electron chi connectivity index (χ0n) is 18.5. The molecule has 0 saturated carbocycles. The van der Waals surface area contributed by atoms with Gasteiger partial charge in [0, 0.05) is 12.3 Å². The van der Waals surface area contributed by atoms with E-state index in [1.165, 1.54) is 6.07 Å². The Kier molecular flexibility index (Phi) is 6.82. The van der Waals surface area contributed by atoms with Crippen LogP contribution >= 0.6 is 12.2 Å². The van der Waals surface area contributed by atoms with Crippen molar-refractivity contribution in [2.45, 2.75) is 51.7 Å². The van der Waals surface area contributed by atoms with Crippen molar-refractivity contribution < 1.29 is 23.1 Å². The fourth-order valence-electron chi connectivity index (χ4n) is 4.05. The highest BCUT2D eigenvalue weighted by atomic mass is 32.1. The topological polar surface area (TPSA) is 67.6 Å². The van der Waals surface area contributed by atoms with Crippen LogP contribution in [0.2, 0.25) is 0 Å². The molecule has 0 aromatic heterocycles. The second-order valence-corrected chi connectivity index (χ2v) is 8.66. The van der Waals surface area contributed by atoms with E-state index in [0.717, 1.165) is 34.6 Å². The number of thiocarbonyl (C=S) groups is 1. The van der Waals surface area contributed by atoms with Crippen LogP contribution < -0.4 is 9.80 Å². The lowest BCUT2D eigenvalue weighted by molar-refractivity contribution is -0.137. The molecule has 1 aliphatic heterocycles. The molecule has 1 N–H and O–H groups in total. The SMILES string of the molecule is CCc1cc(N2C(=S)N(c3ccc(C#N)c(C(F)(F)F)c3)C(=O)C2(C)C)ccc1CCCO. The van der Waals surface area contributed by atoms with Gasteiger partial charge in [-0.2, -0.15) is 18.4 Å². The molecule has 2 aromatic carbocycles. The van der Waals surface area contributed by atoms with Crippen molar-refractivity contribution in [2.24, 2.45) is 0 Å². The fraction of sp³-hybridized carbons (Fsp3) is 0.375. The Morgan fingerprint density at radius 3 is 2.36 bits per heavy atom. The average molecular weight is 476 g/mol. The molecule has 5 nitrogen and oxygen atoms in total. The number of aryl methyl sites for hydroxylation is 2. The Labute approximate surface area is 196 Å². The van der Waals surface area contributed by atoms with Crippen molar-refractivity contribution in [3.8, 4) is 6.07 Å². The van der Waals surface area contributed by atoms with Gasteiger partial charge in [0.1, 0.15) is 5.54 Å². The molecule has 2 aromatic rings. The summed E-state index contributed by atoms with van der Waals surface area (Å²) in [5, 5.41) is 18.3. The summed E-state index contributed by atoms with van der Waals surface area (Å²) in [5.74, 6) is -0.465. The molecule has 1 heterocycles. The van der Waals surface area contributed by atoms with Gasteiger partial charge in [-0.25, -0.2) is 0 Å². The number of rotatable bonds is 6. The maximum atomic E-state index is 13.5. The van der Waals surface area contributed by atoms with Crippen LogP contribution in [0.5, 0.6) is 0 Å². The number of nitrogens with zero attached hydrogens (tertiary/aromatic N) is 3. The molecule has 9 heteroatoms. The zero-order chi connectivity index (χ0) is 24.6.